The Bertz CT molecular complexity index is 562. The van der Waals surface area contributed by atoms with E-state index >= 15 is 0 Å². The summed E-state index contributed by atoms with van der Waals surface area (Å²) in [5, 5.41) is 0. The molecule has 2 unspecified atom stereocenters. The summed E-state index contributed by atoms with van der Waals surface area (Å²) in [6, 6.07) is -2.55. The van der Waals surface area contributed by atoms with E-state index < -0.39 is 41.4 Å². The fourth-order valence-corrected chi connectivity index (χ4v) is 2.45. The predicted octanol–water partition coefficient (Wildman–Crippen LogP) is 1.58. The van der Waals surface area contributed by atoms with Crippen LogP contribution < -0.4 is 0 Å². The summed E-state index contributed by atoms with van der Waals surface area (Å²) in [6.07, 6.45) is -1.07. The van der Waals surface area contributed by atoms with Crippen LogP contribution in [0.3, 0.4) is 0 Å². The van der Waals surface area contributed by atoms with Crippen LogP contribution in [0.5, 0.6) is 0 Å². The van der Waals surface area contributed by atoms with Crippen molar-refractivity contribution in [1.29, 1.82) is 0 Å². The Kier molecular flexibility index (Phi) is 6.62. The van der Waals surface area contributed by atoms with E-state index in [1.165, 1.54) is 0 Å². The van der Waals surface area contributed by atoms with Gasteiger partial charge in [0.25, 0.3) is 0 Å². The van der Waals surface area contributed by atoms with Crippen LogP contribution in [0, 0.1) is 0 Å². The standard InChI is InChI=1S/C17H28N2O7/c1-16(2,3)25-14(22)18-8-9-19(15(23)26-17(4,5)6)12(11(18)10-20)13(21)24-7/h10-12H,8-9H2,1-7H3. The zero-order valence-electron chi connectivity index (χ0n) is 16.4. The predicted molar refractivity (Wildman–Crippen MR) is 91.5 cm³/mol. The number of carbonyl (C=O) groups excluding carboxylic acids is 4. The van der Waals surface area contributed by atoms with Crippen molar-refractivity contribution in [2.24, 2.45) is 0 Å². The third kappa shape index (κ3) is 5.60. The third-order valence-electron chi connectivity index (χ3n) is 3.44. The van der Waals surface area contributed by atoms with Gasteiger partial charge >= 0.3 is 18.2 Å². The van der Waals surface area contributed by atoms with Gasteiger partial charge in [0.2, 0.25) is 0 Å². The number of carbonyl (C=O) groups is 4. The van der Waals surface area contributed by atoms with Gasteiger partial charge in [0.1, 0.15) is 23.5 Å². The normalized spacial score (nSPS) is 21.0. The monoisotopic (exact) mass is 372 g/mol. The molecule has 148 valence electrons. The fraction of sp³-hybridized carbons (Fsp3) is 0.765. The van der Waals surface area contributed by atoms with Gasteiger partial charge in [-0.25, -0.2) is 14.4 Å². The molecule has 0 aliphatic carbocycles. The summed E-state index contributed by atoms with van der Waals surface area (Å²) in [5.41, 5.74) is -1.55. The average molecular weight is 372 g/mol. The summed E-state index contributed by atoms with van der Waals surface area (Å²) in [6.45, 7) is 10.1. The van der Waals surface area contributed by atoms with Gasteiger partial charge in [-0.3, -0.25) is 9.80 Å². The first-order valence-electron chi connectivity index (χ1n) is 8.33. The molecule has 0 aromatic rings. The highest BCUT2D eigenvalue weighted by atomic mass is 16.6. The SMILES string of the molecule is COC(=O)C1C(C=O)N(C(=O)OC(C)(C)C)CCN1C(=O)OC(C)(C)C. The van der Waals surface area contributed by atoms with Gasteiger partial charge in [-0.15, -0.1) is 0 Å². The van der Waals surface area contributed by atoms with Crippen molar-refractivity contribution in [3.05, 3.63) is 0 Å². The smallest absolute Gasteiger partial charge is 0.411 e. The number of piperazine rings is 1. The molecule has 0 bridgehead atoms. The van der Waals surface area contributed by atoms with Crippen LogP contribution in [0.25, 0.3) is 0 Å². The van der Waals surface area contributed by atoms with Gasteiger partial charge in [0, 0.05) is 13.1 Å². The van der Waals surface area contributed by atoms with Crippen LogP contribution in [0.15, 0.2) is 0 Å². The molecule has 1 fully saturated rings. The van der Waals surface area contributed by atoms with Crippen molar-refractivity contribution < 1.29 is 33.4 Å². The van der Waals surface area contributed by atoms with Crippen molar-refractivity contribution in [3.63, 3.8) is 0 Å². The van der Waals surface area contributed by atoms with E-state index in [-0.39, 0.29) is 13.1 Å². The minimum Gasteiger partial charge on any atom is -0.467 e. The Morgan fingerprint density at radius 1 is 0.885 bits per heavy atom. The molecule has 1 aliphatic rings. The van der Waals surface area contributed by atoms with E-state index in [0.717, 1.165) is 16.9 Å². The third-order valence-corrected chi connectivity index (χ3v) is 3.44. The summed E-state index contributed by atoms with van der Waals surface area (Å²) >= 11 is 0. The molecule has 0 spiro atoms. The van der Waals surface area contributed by atoms with E-state index in [1.807, 2.05) is 0 Å². The number of methoxy groups -OCH3 is 1. The first-order valence-corrected chi connectivity index (χ1v) is 8.33. The topological polar surface area (TPSA) is 102 Å². The number of nitrogens with zero attached hydrogens (tertiary/aromatic N) is 2. The number of hydrogen-bond donors (Lipinski definition) is 0. The Balaban J connectivity index is 3.14. The van der Waals surface area contributed by atoms with Gasteiger partial charge in [0.05, 0.1) is 7.11 Å². The maximum Gasteiger partial charge on any atom is 0.411 e. The van der Waals surface area contributed by atoms with Gasteiger partial charge in [-0.2, -0.15) is 0 Å². The molecule has 1 heterocycles. The molecular weight excluding hydrogens is 344 g/mol. The van der Waals surface area contributed by atoms with Crippen LogP contribution in [0.4, 0.5) is 9.59 Å². The Morgan fingerprint density at radius 2 is 1.31 bits per heavy atom. The van der Waals surface area contributed by atoms with Crippen molar-refractivity contribution >= 4 is 24.4 Å². The Morgan fingerprint density at radius 3 is 1.69 bits per heavy atom. The molecule has 26 heavy (non-hydrogen) atoms. The molecule has 1 aliphatic heterocycles. The summed E-state index contributed by atoms with van der Waals surface area (Å²) in [7, 11) is 1.14. The molecule has 2 atom stereocenters. The van der Waals surface area contributed by atoms with Gasteiger partial charge in [-0.05, 0) is 41.5 Å². The van der Waals surface area contributed by atoms with E-state index in [1.54, 1.807) is 41.5 Å². The van der Waals surface area contributed by atoms with Crippen LogP contribution >= 0.6 is 0 Å². The molecule has 9 heteroatoms. The van der Waals surface area contributed by atoms with Crippen molar-refractivity contribution in [1.82, 2.24) is 9.80 Å². The largest absolute Gasteiger partial charge is 0.467 e. The van der Waals surface area contributed by atoms with Crippen molar-refractivity contribution in [2.75, 3.05) is 20.2 Å². The highest BCUT2D eigenvalue weighted by Gasteiger charge is 2.47. The molecular formula is C17H28N2O7. The van der Waals surface area contributed by atoms with E-state index in [0.29, 0.717) is 6.29 Å². The lowest BCUT2D eigenvalue weighted by Crippen LogP contribution is -2.66. The number of aldehydes is 1. The summed E-state index contributed by atoms with van der Waals surface area (Å²) in [4.78, 5) is 51.0. The number of hydrogen-bond acceptors (Lipinski definition) is 7. The number of ether oxygens (including phenoxy) is 3. The zero-order chi connectivity index (χ0) is 20.3. The average Bonchev–Trinajstić information content (AvgIpc) is 2.49. The van der Waals surface area contributed by atoms with E-state index in [9.17, 15) is 19.2 Å². The lowest BCUT2D eigenvalue weighted by atomic mass is 10.0. The molecule has 0 N–H and O–H groups in total. The zero-order valence-corrected chi connectivity index (χ0v) is 16.4. The minimum absolute atomic E-state index is 0.00172. The molecule has 1 rings (SSSR count). The lowest BCUT2D eigenvalue weighted by molar-refractivity contribution is -0.153. The van der Waals surface area contributed by atoms with Gasteiger partial charge < -0.3 is 19.0 Å². The van der Waals surface area contributed by atoms with E-state index in [4.69, 9.17) is 14.2 Å². The maximum atomic E-state index is 12.5. The molecule has 0 aromatic carbocycles. The number of amides is 2. The van der Waals surface area contributed by atoms with Crippen molar-refractivity contribution in [2.45, 2.75) is 64.8 Å². The lowest BCUT2D eigenvalue weighted by Gasteiger charge is -2.43. The minimum atomic E-state index is -1.31. The number of esters is 1. The fourth-order valence-electron chi connectivity index (χ4n) is 2.45. The molecule has 0 saturated carbocycles. The second-order valence-electron chi connectivity index (χ2n) is 7.94. The van der Waals surface area contributed by atoms with Crippen LogP contribution in [-0.2, 0) is 23.8 Å². The second-order valence-corrected chi connectivity index (χ2v) is 7.94. The van der Waals surface area contributed by atoms with Crippen LogP contribution in [0.1, 0.15) is 41.5 Å². The Labute approximate surface area is 153 Å². The van der Waals surface area contributed by atoms with Crippen LogP contribution in [-0.4, -0.2) is 77.7 Å². The van der Waals surface area contributed by atoms with Gasteiger partial charge in [-0.1, -0.05) is 0 Å². The first kappa shape index (κ1) is 21.7. The maximum absolute atomic E-state index is 12.5. The Hall–Kier alpha value is -2.32. The summed E-state index contributed by atoms with van der Waals surface area (Å²) in [5.74, 6) is -0.818. The molecule has 1 saturated heterocycles. The highest BCUT2D eigenvalue weighted by Crippen LogP contribution is 2.23. The van der Waals surface area contributed by atoms with Gasteiger partial charge in [0.15, 0.2) is 6.04 Å². The van der Waals surface area contributed by atoms with E-state index in [2.05, 4.69) is 0 Å². The molecule has 0 aromatic heterocycles. The van der Waals surface area contributed by atoms with Crippen molar-refractivity contribution in [3.8, 4) is 0 Å². The number of rotatable bonds is 2. The molecule has 2 amide bonds. The highest BCUT2D eigenvalue weighted by molar-refractivity contribution is 5.88. The molecule has 0 radical (unpaired) electrons. The second kappa shape index (κ2) is 7.92. The summed E-state index contributed by atoms with van der Waals surface area (Å²) < 4.78 is 15.3. The first-order chi connectivity index (χ1) is 11.8. The molecule has 9 nitrogen and oxygen atoms in total. The quantitative estimate of drug-likeness (QED) is 0.412. The van der Waals surface area contributed by atoms with Crippen LogP contribution in [0.2, 0.25) is 0 Å².